The summed E-state index contributed by atoms with van der Waals surface area (Å²) in [7, 11) is 0. The fourth-order valence-corrected chi connectivity index (χ4v) is 9.94. The standard InChI is InChI=1S/C19H28/c1-9(2)17-12-5-14-13-4-11(12)10-7-18(13,3)16-6-15(17)19(14,16)8-10/h9-17H,4-8H2,1-3H3. The lowest BCUT2D eigenvalue weighted by Gasteiger charge is -2.66. The minimum absolute atomic E-state index is 0.803. The van der Waals surface area contributed by atoms with E-state index in [1.165, 1.54) is 11.8 Å². The summed E-state index contributed by atoms with van der Waals surface area (Å²) in [5.41, 5.74) is 1.69. The van der Waals surface area contributed by atoms with Crippen LogP contribution in [0.2, 0.25) is 0 Å². The molecular weight excluding hydrogens is 228 g/mol. The molecule has 0 nitrogen and oxygen atoms in total. The Labute approximate surface area is 117 Å². The second-order valence-electron chi connectivity index (χ2n) is 10.0. The lowest BCUT2D eigenvalue weighted by molar-refractivity contribution is -0.180. The van der Waals surface area contributed by atoms with E-state index in [0.717, 1.165) is 52.3 Å². The lowest BCUT2D eigenvalue weighted by Crippen LogP contribution is -2.60. The van der Waals surface area contributed by atoms with Crippen LogP contribution >= 0.6 is 0 Å². The van der Waals surface area contributed by atoms with Gasteiger partial charge < -0.3 is 0 Å². The average Bonchev–Trinajstić information content (AvgIpc) is 2.48. The predicted octanol–water partition coefficient (Wildman–Crippen LogP) is 4.60. The molecule has 1 spiro atoms. The molecule has 19 heavy (non-hydrogen) atoms. The molecule has 6 aliphatic rings. The topological polar surface area (TPSA) is 0 Å². The summed E-state index contributed by atoms with van der Waals surface area (Å²) in [4.78, 5) is 0. The summed E-state index contributed by atoms with van der Waals surface area (Å²) in [6, 6.07) is 0. The van der Waals surface area contributed by atoms with Crippen LogP contribution in [0.15, 0.2) is 0 Å². The SMILES string of the molecule is CC(C)C1C2CC3C4CC2C2CC4(C)C4CC1C34C2. The van der Waals surface area contributed by atoms with Gasteiger partial charge >= 0.3 is 0 Å². The fraction of sp³-hybridized carbons (Fsp3) is 1.00. The monoisotopic (exact) mass is 256 g/mol. The van der Waals surface area contributed by atoms with E-state index in [1.807, 2.05) is 0 Å². The zero-order chi connectivity index (χ0) is 12.7. The maximum atomic E-state index is 2.73. The quantitative estimate of drug-likeness (QED) is 0.643. The molecule has 0 aromatic carbocycles. The first kappa shape index (κ1) is 10.7. The van der Waals surface area contributed by atoms with Crippen molar-refractivity contribution in [3.05, 3.63) is 0 Å². The van der Waals surface area contributed by atoms with Gasteiger partial charge in [-0.15, -0.1) is 0 Å². The normalized spacial score (nSPS) is 73.9. The number of hydrogen-bond acceptors (Lipinski definition) is 0. The van der Waals surface area contributed by atoms with E-state index in [0.29, 0.717) is 0 Å². The Bertz CT molecular complexity index is 478. The van der Waals surface area contributed by atoms with Crippen LogP contribution in [0.1, 0.15) is 52.9 Å². The second-order valence-corrected chi connectivity index (χ2v) is 10.0. The van der Waals surface area contributed by atoms with Gasteiger partial charge in [-0.2, -0.15) is 0 Å². The minimum Gasteiger partial charge on any atom is -0.0625 e. The van der Waals surface area contributed by atoms with Gasteiger partial charge in [-0.1, -0.05) is 20.8 Å². The minimum atomic E-state index is 0.803. The molecule has 6 saturated carbocycles. The van der Waals surface area contributed by atoms with Crippen LogP contribution in [-0.4, -0.2) is 0 Å². The van der Waals surface area contributed by atoms with Gasteiger partial charge in [0.15, 0.2) is 0 Å². The molecule has 0 aromatic rings. The van der Waals surface area contributed by atoms with Crippen LogP contribution < -0.4 is 0 Å². The number of rotatable bonds is 1. The second kappa shape index (κ2) is 2.69. The van der Waals surface area contributed by atoms with Crippen molar-refractivity contribution in [1.82, 2.24) is 0 Å². The highest BCUT2D eigenvalue weighted by Crippen LogP contribution is 2.89. The molecule has 10 unspecified atom stereocenters. The van der Waals surface area contributed by atoms with Crippen LogP contribution in [0.3, 0.4) is 0 Å². The zero-order valence-electron chi connectivity index (χ0n) is 12.7. The van der Waals surface area contributed by atoms with Gasteiger partial charge in [-0.25, -0.2) is 0 Å². The van der Waals surface area contributed by atoms with E-state index >= 15 is 0 Å². The molecule has 10 atom stereocenters. The van der Waals surface area contributed by atoms with E-state index < -0.39 is 0 Å². The fourth-order valence-electron chi connectivity index (χ4n) is 9.94. The summed E-state index contributed by atoms with van der Waals surface area (Å²) in [5, 5.41) is 0. The van der Waals surface area contributed by atoms with Crippen molar-refractivity contribution in [1.29, 1.82) is 0 Å². The van der Waals surface area contributed by atoms with Crippen LogP contribution in [0.5, 0.6) is 0 Å². The van der Waals surface area contributed by atoms with E-state index in [2.05, 4.69) is 20.8 Å². The van der Waals surface area contributed by atoms with Crippen molar-refractivity contribution in [2.75, 3.05) is 0 Å². The first-order chi connectivity index (χ1) is 9.07. The first-order valence-electron chi connectivity index (χ1n) is 9.07. The Morgan fingerprint density at radius 2 is 1.68 bits per heavy atom. The summed E-state index contributed by atoms with van der Waals surface area (Å²) in [6.07, 6.45) is 8.28. The summed E-state index contributed by atoms with van der Waals surface area (Å²) in [5.74, 6) is 10.2. The molecule has 0 amide bonds. The Balaban J connectivity index is 1.63. The Kier molecular flexibility index (Phi) is 1.51. The Morgan fingerprint density at radius 1 is 0.895 bits per heavy atom. The number of fused-ring (bicyclic) bond motifs is 5. The molecule has 0 heterocycles. The average molecular weight is 256 g/mol. The highest BCUT2D eigenvalue weighted by Gasteiger charge is 2.83. The Hall–Kier alpha value is 0. The van der Waals surface area contributed by atoms with Gasteiger partial charge in [-0.05, 0) is 96.2 Å². The Morgan fingerprint density at radius 3 is 2.47 bits per heavy atom. The maximum Gasteiger partial charge on any atom is -0.0199 e. The van der Waals surface area contributed by atoms with Crippen molar-refractivity contribution in [2.45, 2.75) is 52.9 Å². The molecule has 0 heteroatoms. The predicted molar refractivity (Wildman–Crippen MR) is 76.4 cm³/mol. The smallest absolute Gasteiger partial charge is 0.0199 e. The molecule has 0 saturated heterocycles. The van der Waals surface area contributed by atoms with Gasteiger partial charge in [0.1, 0.15) is 0 Å². The summed E-state index contributed by atoms with van der Waals surface area (Å²) < 4.78 is 0. The molecule has 6 fully saturated rings. The molecule has 0 N–H and O–H groups in total. The van der Waals surface area contributed by atoms with Crippen molar-refractivity contribution in [2.24, 2.45) is 64.1 Å². The third-order valence-corrected chi connectivity index (χ3v) is 9.90. The van der Waals surface area contributed by atoms with Crippen LogP contribution in [0, 0.1) is 64.1 Å². The molecule has 0 radical (unpaired) electrons. The largest absolute Gasteiger partial charge is 0.0625 e. The highest BCUT2D eigenvalue weighted by molar-refractivity contribution is 5.31. The van der Waals surface area contributed by atoms with E-state index in [1.54, 1.807) is 32.1 Å². The van der Waals surface area contributed by atoms with Crippen molar-refractivity contribution in [3.8, 4) is 0 Å². The molecule has 7 bridgehead atoms. The third-order valence-electron chi connectivity index (χ3n) is 9.90. The van der Waals surface area contributed by atoms with Crippen molar-refractivity contribution in [3.63, 3.8) is 0 Å². The summed E-state index contributed by atoms with van der Waals surface area (Å²) >= 11 is 0. The zero-order valence-corrected chi connectivity index (χ0v) is 12.7. The van der Waals surface area contributed by atoms with E-state index in [4.69, 9.17) is 0 Å². The first-order valence-corrected chi connectivity index (χ1v) is 9.07. The van der Waals surface area contributed by atoms with Gasteiger partial charge in [0.25, 0.3) is 0 Å². The van der Waals surface area contributed by atoms with E-state index in [9.17, 15) is 0 Å². The van der Waals surface area contributed by atoms with E-state index in [-0.39, 0.29) is 0 Å². The van der Waals surface area contributed by atoms with Gasteiger partial charge in [0.05, 0.1) is 0 Å². The van der Waals surface area contributed by atoms with Crippen molar-refractivity contribution < 1.29 is 0 Å². The van der Waals surface area contributed by atoms with Crippen molar-refractivity contribution >= 4 is 0 Å². The molecular formula is C19H28. The van der Waals surface area contributed by atoms with Crippen LogP contribution in [0.4, 0.5) is 0 Å². The maximum absolute atomic E-state index is 2.73. The molecule has 6 rings (SSSR count). The van der Waals surface area contributed by atoms with Gasteiger partial charge in [0.2, 0.25) is 0 Å². The van der Waals surface area contributed by atoms with Crippen LogP contribution in [-0.2, 0) is 0 Å². The van der Waals surface area contributed by atoms with Crippen LogP contribution in [0.25, 0.3) is 0 Å². The van der Waals surface area contributed by atoms with Gasteiger partial charge in [0, 0.05) is 0 Å². The summed E-state index contributed by atoms with van der Waals surface area (Å²) in [6.45, 7) is 7.81. The molecule has 6 aliphatic carbocycles. The third kappa shape index (κ3) is 0.798. The van der Waals surface area contributed by atoms with Gasteiger partial charge in [-0.3, -0.25) is 0 Å². The molecule has 0 aliphatic heterocycles. The lowest BCUT2D eigenvalue weighted by atomic mass is 9.38. The highest BCUT2D eigenvalue weighted by atomic mass is 14.9. The molecule has 0 aromatic heterocycles. The molecule has 104 valence electrons. The number of hydrogen-bond donors (Lipinski definition) is 0.